The van der Waals surface area contributed by atoms with Gasteiger partial charge in [0.25, 0.3) is 6.01 Å². The summed E-state index contributed by atoms with van der Waals surface area (Å²) in [5.74, 6) is 0. The summed E-state index contributed by atoms with van der Waals surface area (Å²) < 4.78 is 5.67. The second-order valence-corrected chi connectivity index (χ2v) is 6.92. The third-order valence-electron chi connectivity index (χ3n) is 3.72. The Morgan fingerprint density at radius 2 is 2.04 bits per heavy atom. The normalized spacial score (nSPS) is 14.0. The number of nitrogens with zero attached hydrogens (tertiary/aromatic N) is 1. The molecule has 0 aliphatic heterocycles. The van der Waals surface area contributed by atoms with E-state index in [1.54, 1.807) is 11.3 Å². The highest BCUT2D eigenvalue weighted by Crippen LogP contribution is 2.34. The second-order valence-electron chi connectivity index (χ2n) is 5.19. The molecule has 3 heterocycles. The van der Waals surface area contributed by atoms with E-state index >= 15 is 0 Å². The zero-order chi connectivity index (χ0) is 15.7. The van der Waals surface area contributed by atoms with Gasteiger partial charge < -0.3 is 14.8 Å². The number of hydrogen-bond acceptors (Lipinski definition) is 6. The molecule has 0 aliphatic rings. The van der Waals surface area contributed by atoms with Crippen LogP contribution in [0.1, 0.15) is 10.4 Å². The predicted molar refractivity (Wildman–Crippen MR) is 94.1 cm³/mol. The van der Waals surface area contributed by atoms with Gasteiger partial charge in [0, 0.05) is 10.4 Å². The molecule has 0 saturated heterocycles. The fourth-order valence-corrected chi connectivity index (χ4v) is 4.07. The maximum Gasteiger partial charge on any atom is 0.295 e. The van der Waals surface area contributed by atoms with Crippen molar-refractivity contribution in [3.63, 3.8) is 0 Å². The Morgan fingerprint density at radius 3 is 2.78 bits per heavy atom. The van der Waals surface area contributed by atoms with Gasteiger partial charge in [-0.2, -0.15) is 16.3 Å². The van der Waals surface area contributed by atoms with Gasteiger partial charge in [0.2, 0.25) is 0 Å². The minimum Gasteiger partial charge on any atom is -0.424 e. The second kappa shape index (κ2) is 5.81. The van der Waals surface area contributed by atoms with Crippen LogP contribution in [0.4, 0.5) is 6.01 Å². The molecule has 6 heteroatoms. The average molecular weight is 342 g/mol. The average Bonchev–Trinajstić information content (AvgIpc) is 3.33. The fourth-order valence-electron chi connectivity index (χ4n) is 2.50. The van der Waals surface area contributed by atoms with Crippen molar-refractivity contribution in [1.29, 1.82) is 0 Å². The molecule has 116 valence electrons. The minimum atomic E-state index is -1.10. The lowest BCUT2D eigenvalue weighted by Crippen LogP contribution is -2.34. The first-order valence-corrected chi connectivity index (χ1v) is 8.96. The maximum atomic E-state index is 11.3. The number of hydrogen-bond donors (Lipinski definition) is 2. The van der Waals surface area contributed by atoms with Crippen molar-refractivity contribution in [1.82, 2.24) is 4.98 Å². The molecule has 1 unspecified atom stereocenters. The number of aromatic nitrogens is 1. The van der Waals surface area contributed by atoms with Crippen LogP contribution in [0.2, 0.25) is 0 Å². The number of nitrogens with one attached hydrogen (secondary N) is 1. The van der Waals surface area contributed by atoms with E-state index in [0.29, 0.717) is 6.01 Å². The van der Waals surface area contributed by atoms with Gasteiger partial charge in [0.1, 0.15) is 11.1 Å². The first kappa shape index (κ1) is 14.4. The van der Waals surface area contributed by atoms with Gasteiger partial charge in [-0.05, 0) is 40.4 Å². The first-order chi connectivity index (χ1) is 11.3. The summed E-state index contributed by atoms with van der Waals surface area (Å²) in [5, 5.41) is 20.3. The molecular weight excluding hydrogens is 328 g/mol. The summed E-state index contributed by atoms with van der Waals surface area (Å²) in [4.78, 5) is 5.28. The van der Waals surface area contributed by atoms with Gasteiger partial charge in [-0.1, -0.05) is 18.2 Å². The quantitative estimate of drug-likeness (QED) is 0.568. The Kier molecular flexibility index (Phi) is 3.65. The van der Waals surface area contributed by atoms with Crippen LogP contribution in [0.15, 0.2) is 63.0 Å². The molecule has 23 heavy (non-hydrogen) atoms. The van der Waals surface area contributed by atoms with Crippen molar-refractivity contribution in [2.75, 3.05) is 11.9 Å². The SMILES string of the molecule is OC(CNc1nc2ccccc2o1)(c1ccsc1)c1cccs1. The molecule has 0 bridgehead atoms. The number of benzene rings is 1. The summed E-state index contributed by atoms with van der Waals surface area (Å²) in [6.45, 7) is 0.289. The number of rotatable bonds is 5. The summed E-state index contributed by atoms with van der Waals surface area (Å²) >= 11 is 3.10. The van der Waals surface area contributed by atoms with Crippen LogP contribution in [0.5, 0.6) is 0 Å². The third-order valence-corrected chi connectivity index (χ3v) is 5.42. The van der Waals surface area contributed by atoms with Crippen molar-refractivity contribution < 1.29 is 9.52 Å². The highest BCUT2D eigenvalue weighted by molar-refractivity contribution is 7.10. The van der Waals surface area contributed by atoms with Crippen LogP contribution >= 0.6 is 22.7 Å². The van der Waals surface area contributed by atoms with Gasteiger partial charge in [-0.3, -0.25) is 0 Å². The fraction of sp³-hybridized carbons (Fsp3) is 0.118. The molecular formula is C17H14N2O2S2. The summed E-state index contributed by atoms with van der Waals surface area (Å²) in [7, 11) is 0. The molecule has 1 aromatic carbocycles. The Bertz CT molecular complexity index is 831. The van der Waals surface area contributed by atoms with Crippen LogP contribution < -0.4 is 5.32 Å². The summed E-state index contributed by atoms with van der Waals surface area (Å²) in [5.41, 5.74) is 1.29. The molecule has 2 N–H and O–H groups in total. The van der Waals surface area contributed by atoms with Crippen LogP contribution in [-0.2, 0) is 5.60 Å². The smallest absolute Gasteiger partial charge is 0.295 e. The zero-order valence-corrected chi connectivity index (χ0v) is 13.7. The van der Waals surface area contributed by atoms with Gasteiger partial charge in [0.05, 0.1) is 6.54 Å². The number of oxazole rings is 1. The van der Waals surface area contributed by atoms with E-state index < -0.39 is 5.60 Å². The molecule has 0 fully saturated rings. The van der Waals surface area contributed by atoms with Gasteiger partial charge in [0.15, 0.2) is 5.58 Å². The Balaban J connectivity index is 1.63. The summed E-state index contributed by atoms with van der Waals surface area (Å²) in [6.07, 6.45) is 0. The maximum absolute atomic E-state index is 11.3. The first-order valence-electron chi connectivity index (χ1n) is 7.14. The molecule has 4 aromatic rings. The lowest BCUT2D eigenvalue weighted by atomic mass is 9.94. The molecule has 3 aromatic heterocycles. The van der Waals surface area contributed by atoms with Crippen LogP contribution in [0.25, 0.3) is 11.1 Å². The Labute approximate surface area is 141 Å². The third kappa shape index (κ3) is 2.65. The van der Waals surface area contributed by atoms with E-state index in [9.17, 15) is 5.11 Å². The Hall–Kier alpha value is -2.15. The molecule has 1 atom stereocenters. The van der Waals surface area contributed by atoms with Gasteiger partial charge in [-0.25, -0.2) is 0 Å². The molecule has 0 aliphatic carbocycles. The van der Waals surface area contributed by atoms with E-state index in [1.165, 1.54) is 11.3 Å². The predicted octanol–water partition coefficient (Wildman–Crippen LogP) is 4.30. The van der Waals surface area contributed by atoms with Crippen LogP contribution in [0.3, 0.4) is 0 Å². The monoisotopic (exact) mass is 342 g/mol. The Morgan fingerprint density at radius 1 is 1.13 bits per heavy atom. The molecule has 4 nitrogen and oxygen atoms in total. The van der Waals surface area contributed by atoms with E-state index in [0.717, 1.165) is 21.5 Å². The number of thiophene rings is 2. The van der Waals surface area contributed by atoms with E-state index in [-0.39, 0.29) is 6.54 Å². The topological polar surface area (TPSA) is 58.3 Å². The zero-order valence-electron chi connectivity index (χ0n) is 12.1. The van der Waals surface area contributed by atoms with Crippen molar-refractivity contribution in [2.24, 2.45) is 0 Å². The van der Waals surface area contributed by atoms with Gasteiger partial charge >= 0.3 is 0 Å². The van der Waals surface area contributed by atoms with Crippen molar-refractivity contribution in [3.05, 3.63) is 69.0 Å². The number of aliphatic hydroxyl groups is 1. The van der Waals surface area contributed by atoms with Gasteiger partial charge in [-0.15, -0.1) is 11.3 Å². The standard InChI is InChI=1S/C17H14N2O2S2/c20-17(12-7-9-22-10-12,15-6-3-8-23-15)11-18-16-19-13-4-1-2-5-14(13)21-16/h1-10,20H,11H2,(H,18,19). The molecule has 4 rings (SSSR count). The number of anilines is 1. The summed E-state index contributed by atoms with van der Waals surface area (Å²) in [6, 6.07) is 13.8. The minimum absolute atomic E-state index is 0.289. The molecule has 0 saturated carbocycles. The number of fused-ring (bicyclic) bond motifs is 1. The van der Waals surface area contributed by atoms with Crippen molar-refractivity contribution in [2.45, 2.75) is 5.60 Å². The van der Waals surface area contributed by atoms with Crippen molar-refractivity contribution >= 4 is 39.8 Å². The van der Waals surface area contributed by atoms with E-state index in [1.807, 2.05) is 58.6 Å². The highest BCUT2D eigenvalue weighted by atomic mass is 32.1. The van der Waals surface area contributed by atoms with Crippen LogP contribution in [-0.4, -0.2) is 16.6 Å². The van der Waals surface area contributed by atoms with Crippen LogP contribution in [0, 0.1) is 0 Å². The van der Waals surface area contributed by atoms with E-state index in [4.69, 9.17) is 4.42 Å². The molecule has 0 amide bonds. The molecule has 0 spiro atoms. The lowest BCUT2D eigenvalue weighted by molar-refractivity contribution is 0.0988. The largest absolute Gasteiger partial charge is 0.424 e. The molecule has 0 radical (unpaired) electrons. The van der Waals surface area contributed by atoms with Crippen molar-refractivity contribution in [3.8, 4) is 0 Å². The lowest BCUT2D eigenvalue weighted by Gasteiger charge is -2.26. The van der Waals surface area contributed by atoms with E-state index in [2.05, 4.69) is 10.3 Å². The highest BCUT2D eigenvalue weighted by Gasteiger charge is 2.33. The number of para-hydroxylation sites is 2.